The summed E-state index contributed by atoms with van der Waals surface area (Å²) in [5.41, 5.74) is 8.08. The van der Waals surface area contributed by atoms with Crippen molar-refractivity contribution in [3.63, 3.8) is 0 Å². The summed E-state index contributed by atoms with van der Waals surface area (Å²) in [6, 6.07) is 6.08. The molecule has 0 fully saturated rings. The van der Waals surface area contributed by atoms with Crippen LogP contribution in [0.1, 0.15) is 91.4 Å². The summed E-state index contributed by atoms with van der Waals surface area (Å²) in [5, 5.41) is 23.7. The molecule has 0 aliphatic carbocycles. The number of alkyl carbamates (subject to hydrolysis) is 1. The quantitative estimate of drug-likeness (QED) is 0.0679. The van der Waals surface area contributed by atoms with Gasteiger partial charge in [-0.2, -0.15) is 0 Å². The van der Waals surface area contributed by atoms with E-state index in [9.17, 15) is 19.5 Å². The fourth-order valence-electron chi connectivity index (χ4n) is 4.65. The number of carbonyl (C=O) groups excluding carboxylic acids is 3. The van der Waals surface area contributed by atoms with Crippen LogP contribution in [0.2, 0.25) is 0 Å². The van der Waals surface area contributed by atoms with Gasteiger partial charge in [0.15, 0.2) is 0 Å². The molecule has 1 aromatic rings. The largest absolute Gasteiger partial charge is 0.493 e. The van der Waals surface area contributed by atoms with Crippen molar-refractivity contribution in [3.05, 3.63) is 40.3 Å². The Bertz CT molecular complexity index is 1080. The fraction of sp³-hybridized carbons (Fsp3) is 0.719. The summed E-state index contributed by atoms with van der Waals surface area (Å²) in [7, 11) is 0. The highest BCUT2D eigenvalue weighted by Crippen LogP contribution is 2.25. The smallest absolute Gasteiger partial charge is 0.407 e. The molecule has 0 spiro atoms. The molecule has 0 radical (unpaired) electrons. The Balaban J connectivity index is 3.11. The second-order valence-corrected chi connectivity index (χ2v) is 12.8. The molecule has 0 bridgehead atoms. The van der Waals surface area contributed by atoms with Gasteiger partial charge in [0, 0.05) is 23.9 Å². The van der Waals surface area contributed by atoms with Gasteiger partial charge in [-0.25, -0.2) is 4.79 Å². The van der Waals surface area contributed by atoms with E-state index in [1.54, 1.807) is 45.0 Å². The lowest BCUT2D eigenvalue weighted by Crippen LogP contribution is -2.49. The second kappa shape index (κ2) is 19.7. The molecule has 0 aliphatic rings. The summed E-state index contributed by atoms with van der Waals surface area (Å²) >= 11 is 0. The number of nitrogens with one attached hydrogen (secondary N) is 3. The van der Waals surface area contributed by atoms with Crippen molar-refractivity contribution in [2.75, 3.05) is 26.2 Å². The highest BCUT2D eigenvalue weighted by Gasteiger charge is 2.33. The number of rotatable bonds is 19. The van der Waals surface area contributed by atoms with Gasteiger partial charge in [0.2, 0.25) is 5.91 Å². The molecule has 12 nitrogen and oxygen atoms in total. The molecule has 0 aliphatic heterocycles. The molecule has 0 heterocycles. The number of hydrogen-bond donors (Lipinski definition) is 4. The number of ether oxygens (including phenoxy) is 2. The zero-order chi connectivity index (χ0) is 33.3. The van der Waals surface area contributed by atoms with E-state index < -0.39 is 29.8 Å². The van der Waals surface area contributed by atoms with E-state index in [1.165, 1.54) is 0 Å². The van der Waals surface area contributed by atoms with E-state index in [2.05, 4.69) is 32.9 Å². The lowest BCUT2D eigenvalue weighted by Gasteiger charge is -2.33. The normalized spacial score (nSPS) is 14.2. The highest BCUT2D eigenvalue weighted by molar-refractivity contribution is 5.96. The lowest BCUT2D eigenvalue weighted by molar-refractivity contribution is -0.127. The van der Waals surface area contributed by atoms with E-state index in [4.69, 9.17) is 15.0 Å². The van der Waals surface area contributed by atoms with Crippen molar-refractivity contribution in [1.29, 1.82) is 0 Å². The first-order chi connectivity index (χ1) is 20.7. The van der Waals surface area contributed by atoms with Gasteiger partial charge < -0.3 is 30.5 Å². The van der Waals surface area contributed by atoms with Gasteiger partial charge in [0.25, 0.3) is 5.91 Å². The zero-order valence-corrected chi connectivity index (χ0v) is 27.8. The van der Waals surface area contributed by atoms with Crippen LogP contribution in [-0.2, 0) is 9.53 Å². The second-order valence-electron chi connectivity index (χ2n) is 12.8. The number of aliphatic hydroxyl groups excluding tert-OH is 1. The van der Waals surface area contributed by atoms with Crippen molar-refractivity contribution in [2.24, 2.45) is 28.8 Å². The van der Waals surface area contributed by atoms with Gasteiger partial charge in [-0.3, -0.25) is 9.59 Å². The summed E-state index contributed by atoms with van der Waals surface area (Å²) in [6.45, 7) is 16.4. The zero-order valence-electron chi connectivity index (χ0n) is 27.8. The van der Waals surface area contributed by atoms with Gasteiger partial charge in [0.1, 0.15) is 11.4 Å². The maximum Gasteiger partial charge on any atom is 0.407 e. The SMILES string of the molecule is CCCCNC(=O)C(CC(O)C(CC(CNC(=O)c1ccccc1OCCN=[N+]=[N-])C(C)C)NC(=O)OC(C)(C)C)C(C)C. The molecule has 4 N–H and O–H groups in total. The molecule has 0 aromatic heterocycles. The first kappa shape index (κ1) is 38.5. The topological polar surface area (TPSA) is 175 Å². The van der Waals surface area contributed by atoms with E-state index >= 15 is 0 Å². The molecule has 1 rings (SSSR count). The number of amides is 3. The molecule has 248 valence electrons. The Kier molecular flexibility index (Phi) is 17.3. The predicted molar refractivity (Wildman–Crippen MR) is 171 cm³/mol. The standard InChI is InChI=1S/C32H54N6O6/c1-9-10-15-34-30(41)25(22(4)5)19-27(39)26(37-31(42)44-32(6,7)8)18-23(21(2)3)20-35-29(40)24-13-11-12-14-28(24)43-17-16-36-38-33/h11-14,21-23,25-27,39H,9-10,15-20H2,1-8H3,(H,34,41)(H,35,40)(H,37,42). The van der Waals surface area contributed by atoms with Crippen molar-refractivity contribution >= 4 is 17.9 Å². The van der Waals surface area contributed by atoms with Crippen LogP contribution in [0.3, 0.4) is 0 Å². The molecule has 0 saturated heterocycles. The molecule has 1 aromatic carbocycles. The van der Waals surface area contributed by atoms with Crippen molar-refractivity contribution in [2.45, 2.75) is 98.8 Å². The maximum absolute atomic E-state index is 13.2. The fourth-order valence-corrected chi connectivity index (χ4v) is 4.65. The van der Waals surface area contributed by atoms with Crippen LogP contribution < -0.4 is 20.7 Å². The van der Waals surface area contributed by atoms with Gasteiger partial charge in [0.05, 0.1) is 30.9 Å². The van der Waals surface area contributed by atoms with E-state index in [0.717, 1.165) is 12.8 Å². The number of unbranched alkanes of at least 4 members (excludes halogenated alkanes) is 1. The molecule has 44 heavy (non-hydrogen) atoms. The summed E-state index contributed by atoms with van der Waals surface area (Å²) < 4.78 is 11.1. The molecule has 12 heteroatoms. The Hall–Kier alpha value is -3.50. The number of hydrogen-bond acceptors (Lipinski definition) is 7. The van der Waals surface area contributed by atoms with E-state index in [0.29, 0.717) is 24.3 Å². The van der Waals surface area contributed by atoms with Crippen LogP contribution in [-0.4, -0.2) is 67.0 Å². The Morgan fingerprint density at radius 2 is 1.73 bits per heavy atom. The van der Waals surface area contributed by atoms with E-state index in [-0.39, 0.29) is 55.7 Å². The summed E-state index contributed by atoms with van der Waals surface area (Å²) in [4.78, 5) is 41.7. The van der Waals surface area contributed by atoms with Crippen LogP contribution in [0.5, 0.6) is 5.75 Å². The molecule has 0 saturated carbocycles. The minimum atomic E-state index is -1.03. The van der Waals surface area contributed by atoms with Crippen LogP contribution in [0.25, 0.3) is 10.4 Å². The average Bonchev–Trinajstić information content (AvgIpc) is 2.94. The Labute approximate surface area is 262 Å². The van der Waals surface area contributed by atoms with Crippen LogP contribution in [0.4, 0.5) is 4.79 Å². The minimum absolute atomic E-state index is 0.0253. The first-order valence-electron chi connectivity index (χ1n) is 15.7. The third-order valence-electron chi connectivity index (χ3n) is 7.30. The average molecular weight is 619 g/mol. The first-order valence-corrected chi connectivity index (χ1v) is 15.7. The minimum Gasteiger partial charge on any atom is -0.493 e. The molecule has 4 atom stereocenters. The molecular formula is C32H54N6O6. The number of carbonyl (C=O) groups is 3. The van der Waals surface area contributed by atoms with Crippen LogP contribution in [0, 0.1) is 23.7 Å². The monoisotopic (exact) mass is 618 g/mol. The Morgan fingerprint density at radius 3 is 2.32 bits per heavy atom. The summed E-state index contributed by atoms with van der Waals surface area (Å²) in [5.74, 6) is -0.607. The summed E-state index contributed by atoms with van der Waals surface area (Å²) in [6.07, 6.45) is 0.636. The molecular weight excluding hydrogens is 564 g/mol. The maximum atomic E-state index is 13.2. The molecule has 3 amide bonds. The number of benzene rings is 1. The lowest BCUT2D eigenvalue weighted by atomic mass is 9.82. The van der Waals surface area contributed by atoms with Gasteiger partial charge in [-0.1, -0.05) is 58.3 Å². The number of azide groups is 1. The highest BCUT2D eigenvalue weighted by atomic mass is 16.6. The van der Waals surface area contributed by atoms with Crippen molar-refractivity contribution < 1.29 is 29.0 Å². The number of nitrogens with zero attached hydrogens (tertiary/aromatic N) is 3. The van der Waals surface area contributed by atoms with Crippen LogP contribution >= 0.6 is 0 Å². The number of aliphatic hydroxyl groups is 1. The third kappa shape index (κ3) is 14.8. The van der Waals surface area contributed by atoms with Crippen LogP contribution in [0.15, 0.2) is 29.4 Å². The van der Waals surface area contributed by atoms with Crippen molar-refractivity contribution in [1.82, 2.24) is 16.0 Å². The molecule has 4 unspecified atom stereocenters. The third-order valence-corrected chi connectivity index (χ3v) is 7.30. The van der Waals surface area contributed by atoms with Gasteiger partial charge in [-0.15, -0.1) is 0 Å². The predicted octanol–water partition coefficient (Wildman–Crippen LogP) is 5.60. The van der Waals surface area contributed by atoms with Gasteiger partial charge >= 0.3 is 6.09 Å². The van der Waals surface area contributed by atoms with E-state index in [1.807, 2.05) is 27.7 Å². The van der Waals surface area contributed by atoms with Crippen molar-refractivity contribution in [3.8, 4) is 5.75 Å². The Morgan fingerprint density at radius 1 is 1.05 bits per heavy atom. The van der Waals surface area contributed by atoms with Gasteiger partial charge in [-0.05, 0) is 75.5 Å². The number of para-hydroxylation sites is 1.